The number of aromatic nitrogens is 4. The summed E-state index contributed by atoms with van der Waals surface area (Å²) in [4.78, 5) is 42.3. The first kappa shape index (κ1) is 51.1. The van der Waals surface area contributed by atoms with E-state index in [9.17, 15) is 10.1 Å². The number of non-ortho nitro benzene ring substituents is 1. The second kappa shape index (κ2) is 21.7. The Kier molecular flexibility index (Phi) is 13.7. The fraction of sp³-hybridized carbons (Fsp3) is 0. The van der Waals surface area contributed by atoms with E-state index in [1.165, 1.54) is 24.3 Å². The van der Waals surface area contributed by atoms with Crippen molar-refractivity contribution in [3.05, 3.63) is 288 Å². The zero-order valence-electron chi connectivity index (χ0n) is 42.7. The number of benzene rings is 8. The van der Waals surface area contributed by atoms with Crippen LogP contribution < -0.4 is 4.74 Å². The molecule has 388 valence electrons. The number of carbonyl (C=O) groups is 1. The number of halogens is 3. The summed E-state index contributed by atoms with van der Waals surface area (Å²) in [7, 11) is 0. The maximum absolute atomic E-state index is 15.5. The maximum atomic E-state index is 15.5. The van der Waals surface area contributed by atoms with E-state index >= 15 is 4.79 Å². The summed E-state index contributed by atoms with van der Waals surface area (Å²) in [5.41, 5.74) is 15.9. The Bertz CT molecular complexity index is 4510. The van der Waals surface area contributed by atoms with Crippen molar-refractivity contribution >= 4 is 105 Å². The van der Waals surface area contributed by atoms with Crippen LogP contribution in [0.15, 0.2) is 244 Å². The average molecular weight is 1240 g/mol. The number of H-pyrrole nitrogens is 1. The number of nitro benzene ring substituents is 1. The average Bonchev–Trinajstić information content (AvgIpc) is 4.45. The normalized spacial score (nSPS) is 11.8. The van der Waals surface area contributed by atoms with E-state index in [1.807, 2.05) is 121 Å². The molecule has 11 aromatic rings. The number of aromatic amines is 1. The summed E-state index contributed by atoms with van der Waals surface area (Å²) in [6.45, 7) is 0. The van der Waals surface area contributed by atoms with Gasteiger partial charge in [0, 0.05) is 75.7 Å². The van der Waals surface area contributed by atoms with Crippen LogP contribution in [0.25, 0.3) is 107 Å². The highest BCUT2D eigenvalue weighted by Gasteiger charge is 2.32. The van der Waals surface area contributed by atoms with Crippen molar-refractivity contribution in [2.45, 2.75) is 0 Å². The van der Waals surface area contributed by atoms with Crippen molar-refractivity contribution in [1.29, 1.82) is 0 Å². The summed E-state index contributed by atoms with van der Waals surface area (Å²) >= 11 is 11.1. The highest BCUT2D eigenvalue weighted by molar-refractivity contribution is 9.11. The van der Waals surface area contributed by atoms with Crippen molar-refractivity contribution in [2.24, 2.45) is 0 Å². The van der Waals surface area contributed by atoms with Crippen molar-refractivity contribution < 1.29 is 14.5 Å². The van der Waals surface area contributed by atoms with E-state index in [0.29, 0.717) is 28.2 Å². The van der Waals surface area contributed by atoms with Crippen molar-refractivity contribution in [2.75, 3.05) is 0 Å². The van der Waals surface area contributed by atoms with Crippen LogP contribution in [-0.2, 0) is 0 Å². The molecule has 5 heterocycles. The molecule has 8 bridgehead atoms. The molecule has 13 rings (SSSR count). The van der Waals surface area contributed by atoms with E-state index in [-0.39, 0.29) is 17.0 Å². The van der Waals surface area contributed by atoms with E-state index in [2.05, 4.69) is 160 Å². The molecule has 8 aromatic carbocycles. The highest BCUT2D eigenvalue weighted by Crippen LogP contribution is 2.52. The third-order valence-electron chi connectivity index (χ3n) is 14.4. The third kappa shape index (κ3) is 9.77. The summed E-state index contributed by atoms with van der Waals surface area (Å²) in [5, 5.41) is 12.0. The van der Waals surface area contributed by atoms with Gasteiger partial charge < -0.3 is 14.3 Å². The summed E-state index contributed by atoms with van der Waals surface area (Å²) in [6, 6.07) is 74.8. The van der Waals surface area contributed by atoms with E-state index in [1.54, 1.807) is 0 Å². The van der Waals surface area contributed by atoms with Gasteiger partial charge in [0.25, 0.3) is 5.69 Å². The first-order valence-electron chi connectivity index (χ1n) is 25.9. The molecule has 0 unspecified atom stereocenters. The van der Waals surface area contributed by atoms with Crippen molar-refractivity contribution in [1.82, 2.24) is 19.5 Å². The van der Waals surface area contributed by atoms with Crippen LogP contribution in [-0.4, -0.2) is 30.4 Å². The van der Waals surface area contributed by atoms with E-state index in [0.717, 1.165) is 103 Å². The van der Waals surface area contributed by atoms with Crippen LogP contribution in [0.3, 0.4) is 0 Å². The minimum absolute atomic E-state index is 0.102. The molecule has 0 amide bonds. The molecule has 0 saturated heterocycles. The largest absolute Gasteiger partial charge is 0.418 e. The molecular weight excluding hydrogens is 1200 g/mol. The van der Waals surface area contributed by atoms with E-state index < -0.39 is 10.9 Å². The van der Waals surface area contributed by atoms with Gasteiger partial charge in [-0.3, -0.25) is 10.1 Å². The number of fused-ring (bicyclic) bond motifs is 8. The minimum Gasteiger partial charge on any atom is -0.418 e. The Morgan fingerprint density at radius 2 is 0.889 bits per heavy atom. The summed E-state index contributed by atoms with van der Waals surface area (Å²) in [5.74, 6) is -0.608. The lowest BCUT2D eigenvalue weighted by atomic mass is 9.92. The maximum Gasteiger partial charge on any atom is 0.343 e. The standard InChI is InChI=1S/C69H42Br3N5O4/c70-49-29-21-45(22-30-49)60-55-37-38-57(73-55)61(46-23-31-50(71)32-24-46)59-41-54(42-13-5-1-6-14-42)65(75-59)68(81-69(78)48-27-35-53(36-28-48)77(79)80)67-64(44-17-9-3-10-18-44)63(43-15-7-2-8-16-43)66(76(67)52-19-11-4-12-20-52)62(58-40-39-56(60)74-58)47-25-33-51(72)34-26-47/h1-41,73H. The molecule has 2 aliphatic heterocycles. The lowest BCUT2D eigenvalue weighted by Crippen LogP contribution is -2.11. The zero-order valence-corrected chi connectivity index (χ0v) is 47.5. The van der Waals surface area contributed by atoms with Gasteiger partial charge in [0.05, 0.1) is 33.1 Å². The van der Waals surface area contributed by atoms with Gasteiger partial charge in [-0.25, -0.2) is 14.8 Å². The second-order valence-electron chi connectivity index (χ2n) is 19.3. The molecule has 0 radical (unpaired) electrons. The van der Waals surface area contributed by atoms with Crippen molar-refractivity contribution in [3.8, 4) is 67.1 Å². The number of esters is 1. The van der Waals surface area contributed by atoms with Crippen molar-refractivity contribution in [3.63, 3.8) is 0 Å². The molecule has 0 fully saturated rings. The van der Waals surface area contributed by atoms with Gasteiger partial charge in [-0.2, -0.15) is 0 Å². The lowest BCUT2D eigenvalue weighted by Gasteiger charge is -2.16. The molecule has 12 heteroatoms. The van der Waals surface area contributed by atoms with Gasteiger partial charge >= 0.3 is 5.97 Å². The predicted molar refractivity (Wildman–Crippen MR) is 337 cm³/mol. The number of nitrogens with one attached hydrogen (secondary N) is 1. The molecule has 1 N–H and O–H groups in total. The van der Waals surface area contributed by atoms with Crippen LogP contribution in [0, 0.1) is 10.1 Å². The highest BCUT2D eigenvalue weighted by atomic mass is 79.9. The fourth-order valence-electron chi connectivity index (χ4n) is 10.7. The Labute approximate surface area is 490 Å². The molecule has 0 spiro atoms. The molecule has 0 atom stereocenters. The minimum atomic E-state index is -0.748. The monoisotopic (exact) mass is 1240 g/mol. The second-order valence-corrected chi connectivity index (χ2v) is 22.0. The first-order valence-corrected chi connectivity index (χ1v) is 28.3. The number of para-hydroxylation sites is 1. The topological polar surface area (TPSA) is 116 Å². The molecule has 3 aromatic heterocycles. The predicted octanol–water partition coefficient (Wildman–Crippen LogP) is 19.3. The molecule has 9 nitrogen and oxygen atoms in total. The van der Waals surface area contributed by atoms with Gasteiger partial charge in [0.15, 0.2) is 5.75 Å². The van der Waals surface area contributed by atoms with Gasteiger partial charge in [0.1, 0.15) is 11.2 Å². The molecule has 0 saturated carbocycles. The van der Waals surface area contributed by atoms with E-state index in [4.69, 9.17) is 14.7 Å². The van der Waals surface area contributed by atoms with Crippen LogP contribution in [0.5, 0.6) is 5.75 Å². The lowest BCUT2D eigenvalue weighted by molar-refractivity contribution is -0.384. The Balaban J connectivity index is 1.36. The smallest absolute Gasteiger partial charge is 0.343 e. The molecule has 0 aliphatic carbocycles. The van der Waals surface area contributed by atoms with Crippen LogP contribution in [0.1, 0.15) is 38.7 Å². The van der Waals surface area contributed by atoms with Crippen LogP contribution in [0.2, 0.25) is 0 Å². The number of hydrogen-bond acceptors (Lipinski definition) is 6. The van der Waals surface area contributed by atoms with Gasteiger partial charge in [-0.15, -0.1) is 0 Å². The number of rotatable bonds is 10. The molecule has 81 heavy (non-hydrogen) atoms. The third-order valence-corrected chi connectivity index (χ3v) is 16.0. The Hall–Kier alpha value is -9.33. The number of carbonyl (C=O) groups excluding carboxylic acids is 1. The van der Waals surface area contributed by atoms with Gasteiger partial charge in [-0.05, 0) is 124 Å². The van der Waals surface area contributed by atoms with Crippen LogP contribution in [0.4, 0.5) is 5.69 Å². The SMILES string of the molecule is O=C(Oc1c2nc(c(-c3ccc(Br)cc3)c3ccc([nH]3)c(-c3ccc(Br)cc3)c3nc(c(-c4ccc(Br)cc4)c4c(-c5ccccc5)c(-c5ccccc5)c1n4-c1ccccc1)C=C3)C=C2c1ccccc1)c1ccc([N+](=O)[O-])cc1. The zero-order chi connectivity index (χ0) is 55.1. The fourth-order valence-corrected chi connectivity index (χ4v) is 11.5. The molecule has 2 aliphatic rings. The van der Waals surface area contributed by atoms with Gasteiger partial charge in [-0.1, -0.05) is 193 Å². The first-order chi connectivity index (χ1) is 39.6. The number of ether oxygens (including phenoxy) is 1. The van der Waals surface area contributed by atoms with Crippen LogP contribution >= 0.6 is 47.8 Å². The number of hydrogen-bond donors (Lipinski definition) is 1. The Morgan fingerprint density at radius 3 is 1.40 bits per heavy atom. The summed E-state index contributed by atoms with van der Waals surface area (Å²) < 4.78 is 12.1. The summed E-state index contributed by atoms with van der Waals surface area (Å²) in [6.07, 6.45) is 6.24. The molecular formula is C69H42Br3N5O4. The number of nitrogens with zero attached hydrogens (tertiary/aromatic N) is 4. The van der Waals surface area contributed by atoms with Gasteiger partial charge in [0.2, 0.25) is 0 Å². The Morgan fingerprint density at radius 1 is 0.457 bits per heavy atom. The number of nitro groups is 1. The quantitative estimate of drug-likeness (QED) is 0.0828.